The molecule has 6 nitrogen and oxygen atoms in total. The number of fused-ring (bicyclic) bond motifs is 1. The van der Waals surface area contributed by atoms with Gasteiger partial charge in [-0.25, -0.2) is 4.98 Å². The number of carbonyl (C=O) groups excluding carboxylic acids is 1. The van der Waals surface area contributed by atoms with Gasteiger partial charge in [-0.05, 0) is 43.0 Å². The lowest BCUT2D eigenvalue weighted by molar-refractivity contribution is -0.134. The summed E-state index contributed by atoms with van der Waals surface area (Å²) >= 11 is 0. The predicted molar refractivity (Wildman–Crippen MR) is 118 cm³/mol. The van der Waals surface area contributed by atoms with E-state index in [2.05, 4.69) is 46.8 Å². The number of aromatic nitrogens is 1. The van der Waals surface area contributed by atoms with Crippen molar-refractivity contribution in [3.05, 3.63) is 47.7 Å². The average Bonchev–Trinajstić information content (AvgIpc) is 2.79. The molecule has 0 spiro atoms. The van der Waals surface area contributed by atoms with Gasteiger partial charge >= 0.3 is 0 Å². The number of methoxy groups -OCH3 is 1. The summed E-state index contributed by atoms with van der Waals surface area (Å²) in [6.45, 7) is 10.4. The Balaban J connectivity index is 1.35. The summed E-state index contributed by atoms with van der Waals surface area (Å²) in [6.07, 6.45) is 2.83. The van der Waals surface area contributed by atoms with E-state index in [-0.39, 0.29) is 5.91 Å². The fraction of sp³-hybridized carbons (Fsp3) is 0.500. The number of hydrogen-bond acceptors (Lipinski definition) is 5. The van der Waals surface area contributed by atoms with Crippen molar-refractivity contribution < 1.29 is 9.53 Å². The van der Waals surface area contributed by atoms with Gasteiger partial charge in [0, 0.05) is 63.1 Å². The Bertz CT molecular complexity index is 873. The van der Waals surface area contributed by atoms with Crippen LogP contribution in [0.3, 0.4) is 0 Å². The first-order chi connectivity index (χ1) is 14.5. The van der Waals surface area contributed by atoms with Gasteiger partial charge in [0.25, 0.3) is 0 Å². The standard InChI is InChI=1S/C24H32N4O2/c1-18(2)27-10-12-28(13-11-27)24(29)17-26-9-8-20-14-19(4-5-22(20)16-26)21-6-7-23(30-3)25-15-21/h4-7,14-15,18H,8-13,16-17H2,1-3H3. The van der Waals surface area contributed by atoms with E-state index in [1.54, 1.807) is 7.11 Å². The molecular weight excluding hydrogens is 376 g/mol. The van der Waals surface area contributed by atoms with Gasteiger partial charge in [-0.2, -0.15) is 0 Å². The van der Waals surface area contributed by atoms with Crippen LogP contribution in [0.4, 0.5) is 0 Å². The van der Waals surface area contributed by atoms with E-state index >= 15 is 0 Å². The third-order valence-corrected chi connectivity index (χ3v) is 6.33. The van der Waals surface area contributed by atoms with Gasteiger partial charge in [-0.3, -0.25) is 14.6 Å². The highest BCUT2D eigenvalue weighted by molar-refractivity contribution is 5.78. The van der Waals surface area contributed by atoms with Crippen LogP contribution in [0.15, 0.2) is 36.5 Å². The quantitative estimate of drug-likeness (QED) is 0.761. The molecule has 3 heterocycles. The molecule has 0 radical (unpaired) electrons. The lowest BCUT2D eigenvalue weighted by atomic mass is 9.95. The van der Waals surface area contributed by atoms with Crippen molar-refractivity contribution in [2.75, 3.05) is 46.4 Å². The average molecular weight is 409 g/mol. The van der Waals surface area contributed by atoms with Crippen LogP contribution >= 0.6 is 0 Å². The van der Waals surface area contributed by atoms with Crippen LogP contribution in [0.1, 0.15) is 25.0 Å². The van der Waals surface area contributed by atoms with Crippen LogP contribution in [0.5, 0.6) is 5.88 Å². The molecule has 2 aliphatic rings. The zero-order valence-electron chi connectivity index (χ0n) is 18.3. The Morgan fingerprint density at radius 3 is 2.47 bits per heavy atom. The maximum Gasteiger partial charge on any atom is 0.236 e. The van der Waals surface area contributed by atoms with Crippen LogP contribution in [0, 0.1) is 0 Å². The van der Waals surface area contributed by atoms with Gasteiger partial charge < -0.3 is 9.64 Å². The molecule has 0 bridgehead atoms. The third kappa shape index (κ3) is 4.65. The number of nitrogens with zero attached hydrogens (tertiary/aromatic N) is 4. The maximum atomic E-state index is 12.8. The number of pyridine rings is 1. The minimum absolute atomic E-state index is 0.266. The number of piperazine rings is 1. The molecule has 1 fully saturated rings. The van der Waals surface area contributed by atoms with Crippen molar-refractivity contribution in [3.63, 3.8) is 0 Å². The van der Waals surface area contributed by atoms with Crippen LogP contribution < -0.4 is 4.74 Å². The summed E-state index contributed by atoms with van der Waals surface area (Å²) in [5.41, 5.74) is 4.97. The molecular formula is C24H32N4O2. The molecule has 0 aliphatic carbocycles. The van der Waals surface area contributed by atoms with Gasteiger partial charge in [-0.15, -0.1) is 0 Å². The molecule has 1 saturated heterocycles. The van der Waals surface area contributed by atoms with Crippen molar-refractivity contribution in [2.45, 2.75) is 32.9 Å². The van der Waals surface area contributed by atoms with Crippen LogP contribution in [0.25, 0.3) is 11.1 Å². The molecule has 2 aromatic rings. The van der Waals surface area contributed by atoms with E-state index < -0.39 is 0 Å². The summed E-state index contributed by atoms with van der Waals surface area (Å²) in [5.74, 6) is 0.894. The van der Waals surface area contributed by atoms with E-state index in [4.69, 9.17) is 4.74 Å². The molecule has 0 unspecified atom stereocenters. The number of carbonyl (C=O) groups is 1. The minimum Gasteiger partial charge on any atom is -0.481 e. The second-order valence-electron chi connectivity index (χ2n) is 8.54. The van der Waals surface area contributed by atoms with Crippen molar-refractivity contribution in [2.24, 2.45) is 0 Å². The second kappa shape index (κ2) is 9.14. The largest absolute Gasteiger partial charge is 0.481 e. The molecule has 30 heavy (non-hydrogen) atoms. The van der Waals surface area contributed by atoms with E-state index in [0.717, 1.165) is 51.3 Å². The van der Waals surface area contributed by atoms with E-state index in [1.165, 1.54) is 16.7 Å². The van der Waals surface area contributed by atoms with Gasteiger partial charge in [0.05, 0.1) is 13.7 Å². The van der Waals surface area contributed by atoms with Crippen LogP contribution in [-0.2, 0) is 17.8 Å². The van der Waals surface area contributed by atoms with Crippen molar-refractivity contribution in [1.29, 1.82) is 0 Å². The topological polar surface area (TPSA) is 48.9 Å². The number of amides is 1. The summed E-state index contributed by atoms with van der Waals surface area (Å²) in [7, 11) is 1.63. The number of ether oxygens (including phenoxy) is 1. The molecule has 1 amide bonds. The van der Waals surface area contributed by atoms with Crippen molar-refractivity contribution in [3.8, 4) is 17.0 Å². The first-order valence-electron chi connectivity index (χ1n) is 10.9. The fourth-order valence-electron chi connectivity index (χ4n) is 4.38. The van der Waals surface area contributed by atoms with Gasteiger partial charge in [-0.1, -0.05) is 18.2 Å². The minimum atomic E-state index is 0.266. The molecule has 2 aliphatic heterocycles. The Kier molecular flexibility index (Phi) is 6.35. The highest BCUT2D eigenvalue weighted by Gasteiger charge is 2.25. The highest BCUT2D eigenvalue weighted by Crippen LogP contribution is 2.27. The molecule has 0 atom stereocenters. The first kappa shape index (κ1) is 20.8. The third-order valence-electron chi connectivity index (χ3n) is 6.33. The summed E-state index contributed by atoms with van der Waals surface area (Å²) in [4.78, 5) is 23.9. The van der Waals surface area contributed by atoms with Gasteiger partial charge in [0.2, 0.25) is 11.8 Å². The van der Waals surface area contributed by atoms with Gasteiger partial charge in [0.1, 0.15) is 0 Å². The molecule has 0 saturated carbocycles. The SMILES string of the molecule is COc1ccc(-c2ccc3c(c2)CCN(CC(=O)N2CCN(C(C)C)CC2)C3)cn1. The zero-order chi connectivity index (χ0) is 21.1. The normalized spacial score (nSPS) is 17.8. The molecule has 6 heteroatoms. The molecule has 4 rings (SSSR count). The van der Waals surface area contributed by atoms with Crippen LogP contribution in [0.2, 0.25) is 0 Å². The second-order valence-corrected chi connectivity index (χ2v) is 8.54. The lowest BCUT2D eigenvalue weighted by Gasteiger charge is -2.38. The van der Waals surface area contributed by atoms with Gasteiger partial charge in [0.15, 0.2) is 0 Å². The maximum absolute atomic E-state index is 12.8. The number of hydrogen-bond donors (Lipinski definition) is 0. The molecule has 1 aromatic carbocycles. The Morgan fingerprint density at radius 1 is 1.03 bits per heavy atom. The zero-order valence-corrected chi connectivity index (χ0v) is 18.3. The molecule has 0 N–H and O–H groups in total. The smallest absolute Gasteiger partial charge is 0.236 e. The summed E-state index contributed by atoms with van der Waals surface area (Å²) in [5, 5.41) is 0. The van der Waals surface area contributed by atoms with E-state index in [0.29, 0.717) is 18.5 Å². The number of benzene rings is 1. The fourth-order valence-corrected chi connectivity index (χ4v) is 4.38. The van der Waals surface area contributed by atoms with Crippen molar-refractivity contribution >= 4 is 5.91 Å². The first-order valence-corrected chi connectivity index (χ1v) is 10.9. The summed E-state index contributed by atoms with van der Waals surface area (Å²) in [6, 6.07) is 11.1. The Morgan fingerprint density at radius 2 is 1.80 bits per heavy atom. The highest BCUT2D eigenvalue weighted by atomic mass is 16.5. The van der Waals surface area contributed by atoms with E-state index in [1.807, 2.05) is 23.2 Å². The monoisotopic (exact) mass is 408 g/mol. The summed E-state index contributed by atoms with van der Waals surface area (Å²) < 4.78 is 5.15. The predicted octanol–water partition coefficient (Wildman–Crippen LogP) is 2.67. The van der Waals surface area contributed by atoms with Crippen LogP contribution in [-0.4, -0.2) is 78.0 Å². The van der Waals surface area contributed by atoms with E-state index in [9.17, 15) is 4.79 Å². The Hall–Kier alpha value is -2.44. The lowest BCUT2D eigenvalue weighted by Crippen LogP contribution is -2.53. The molecule has 160 valence electrons. The number of rotatable bonds is 5. The Labute approximate surface area is 179 Å². The molecule has 1 aromatic heterocycles. The van der Waals surface area contributed by atoms with Crippen molar-refractivity contribution in [1.82, 2.24) is 19.7 Å².